The molecule has 2 heterocycles. The minimum absolute atomic E-state index is 0.123. The third-order valence-corrected chi connectivity index (χ3v) is 4.93. The molecule has 0 aromatic rings. The van der Waals surface area contributed by atoms with Gasteiger partial charge in [-0.1, -0.05) is 34.6 Å². The summed E-state index contributed by atoms with van der Waals surface area (Å²) in [5.41, 5.74) is -0.433. The van der Waals surface area contributed by atoms with Gasteiger partial charge >= 0.3 is 0 Å². The van der Waals surface area contributed by atoms with E-state index in [2.05, 4.69) is 23.7 Å². The quantitative estimate of drug-likeness (QED) is 0.457. The van der Waals surface area contributed by atoms with Gasteiger partial charge < -0.3 is 9.80 Å². The Labute approximate surface area is 140 Å². The van der Waals surface area contributed by atoms with Crippen LogP contribution in [0.25, 0.3) is 0 Å². The molecule has 1 unspecified atom stereocenters. The normalized spacial score (nSPS) is 22.8. The standard InChI is InChI=1S/C18H30N4O/c1-17(2,3)16(23)22-10-7-14(12-22)11-18(4,5)15(20-13-19)21-8-6-9-21/h14H,6-12H2,1-5H3. The van der Waals surface area contributed by atoms with Crippen molar-refractivity contribution in [3.63, 3.8) is 0 Å². The fourth-order valence-corrected chi connectivity index (χ4v) is 3.70. The molecule has 0 saturated carbocycles. The molecule has 2 fully saturated rings. The average Bonchev–Trinajstić information content (AvgIpc) is 2.81. The minimum atomic E-state index is -0.310. The molecular weight excluding hydrogens is 288 g/mol. The van der Waals surface area contributed by atoms with Gasteiger partial charge in [0.1, 0.15) is 5.84 Å². The molecule has 0 N–H and O–H groups in total. The van der Waals surface area contributed by atoms with Gasteiger partial charge in [-0.05, 0) is 25.2 Å². The number of amides is 1. The van der Waals surface area contributed by atoms with E-state index < -0.39 is 0 Å². The van der Waals surface area contributed by atoms with Crippen LogP contribution in [0.1, 0.15) is 53.9 Å². The molecular formula is C18H30N4O. The molecule has 1 amide bonds. The molecule has 0 aromatic carbocycles. The Morgan fingerprint density at radius 3 is 2.30 bits per heavy atom. The molecule has 23 heavy (non-hydrogen) atoms. The Bertz CT molecular complexity index is 520. The predicted octanol–water partition coefficient (Wildman–Crippen LogP) is 2.88. The van der Waals surface area contributed by atoms with E-state index >= 15 is 0 Å². The van der Waals surface area contributed by atoms with Crippen molar-refractivity contribution < 1.29 is 4.79 Å². The highest BCUT2D eigenvalue weighted by molar-refractivity contribution is 5.89. The van der Waals surface area contributed by atoms with E-state index in [0.29, 0.717) is 5.92 Å². The average molecular weight is 318 g/mol. The summed E-state index contributed by atoms with van der Waals surface area (Å²) in [6.07, 6.45) is 5.17. The van der Waals surface area contributed by atoms with E-state index in [1.165, 1.54) is 6.42 Å². The lowest BCUT2D eigenvalue weighted by atomic mass is 9.80. The second-order valence-corrected chi connectivity index (χ2v) is 8.62. The molecule has 0 radical (unpaired) electrons. The maximum Gasteiger partial charge on any atom is 0.227 e. The van der Waals surface area contributed by atoms with E-state index in [1.54, 1.807) is 0 Å². The van der Waals surface area contributed by atoms with Crippen LogP contribution in [0.5, 0.6) is 0 Å². The highest BCUT2D eigenvalue weighted by atomic mass is 16.2. The molecule has 5 heteroatoms. The number of carbonyl (C=O) groups excluding carboxylic acids is 1. The second kappa shape index (κ2) is 6.51. The Balaban J connectivity index is 2.00. The van der Waals surface area contributed by atoms with Crippen molar-refractivity contribution in [3.8, 4) is 6.19 Å². The summed E-state index contributed by atoms with van der Waals surface area (Å²) in [4.78, 5) is 20.8. The van der Waals surface area contributed by atoms with Crippen molar-refractivity contribution in [1.29, 1.82) is 5.26 Å². The molecule has 2 aliphatic heterocycles. The van der Waals surface area contributed by atoms with Gasteiger partial charge in [0.2, 0.25) is 12.1 Å². The smallest absolute Gasteiger partial charge is 0.227 e. The Kier molecular flexibility index (Phi) is 5.03. The number of hydrogen-bond acceptors (Lipinski definition) is 3. The zero-order chi connectivity index (χ0) is 17.3. The van der Waals surface area contributed by atoms with Crippen LogP contribution in [0, 0.1) is 28.2 Å². The highest BCUT2D eigenvalue weighted by Crippen LogP contribution is 2.35. The Hall–Kier alpha value is -1.57. The van der Waals surface area contributed by atoms with Crippen LogP contribution in [0.2, 0.25) is 0 Å². The van der Waals surface area contributed by atoms with Crippen molar-refractivity contribution in [2.75, 3.05) is 26.2 Å². The second-order valence-electron chi connectivity index (χ2n) is 8.62. The summed E-state index contributed by atoms with van der Waals surface area (Å²) < 4.78 is 0. The summed E-state index contributed by atoms with van der Waals surface area (Å²) in [7, 11) is 0. The maximum atomic E-state index is 12.4. The number of nitrogens with zero attached hydrogens (tertiary/aromatic N) is 4. The van der Waals surface area contributed by atoms with Gasteiger partial charge in [0, 0.05) is 37.0 Å². The number of nitriles is 1. The maximum absolute atomic E-state index is 12.4. The van der Waals surface area contributed by atoms with Crippen LogP contribution in [0.15, 0.2) is 4.99 Å². The summed E-state index contributed by atoms with van der Waals surface area (Å²) in [5.74, 6) is 1.65. The van der Waals surface area contributed by atoms with Gasteiger partial charge in [-0.25, -0.2) is 0 Å². The summed E-state index contributed by atoms with van der Waals surface area (Å²) in [6, 6.07) is 0. The van der Waals surface area contributed by atoms with Gasteiger partial charge in [0.25, 0.3) is 0 Å². The van der Waals surface area contributed by atoms with Crippen LogP contribution < -0.4 is 0 Å². The number of hydrogen-bond donors (Lipinski definition) is 0. The molecule has 2 rings (SSSR count). The van der Waals surface area contributed by atoms with Gasteiger partial charge in [0.05, 0.1) is 0 Å². The molecule has 1 atom stereocenters. The first-order chi connectivity index (χ1) is 10.6. The molecule has 2 saturated heterocycles. The first-order valence-electron chi connectivity index (χ1n) is 8.67. The molecule has 128 valence electrons. The third kappa shape index (κ3) is 4.04. The zero-order valence-electron chi connectivity index (χ0n) is 15.2. The van der Waals surface area contributed by atoms with Crippen LogP contribution in [0.3, 0.4) is 0 Å². The molecule has 0 spiro atoms. The summed E-state index contributed by atoms with van der Waals surface area (Å²) in [6.45, 7) is 14.0. The molecule has 0 aromatic heterocycles. The van der Waals surface area contributed by atoms with Crippen molar-refractivity contribution in [3.05, 3.63) is 0 Å². The van der Waals surface area contributed by atoms with E-state index in [4.69, 9.17) is 5.26 Å². The lowest BCUT2D eigenvalue weighted by Crippen LogP contribution is -2.49. The van der Waals surface area contributed by atoms with Crippen molar-refractivity contribution in [2.24, 2.45) is 21.7 Å². The number of carbonyl (C=O) groups is 1. The van der Waals surface area contributed by atoms with Crippen LogP contribution in [-0.2, 0) is 4.79 Å². The van der Waals surface area contributed by atoms with Crippen molar-refractivity contribution in [1.82, 2.24) is 9.80 Å². The first kappa shape index (κ1) is 17.8. The SMILES string of the molecule is CC(C)(C)C(=O)N1CCC(CC(C)(C)C(=NC#N)N2CCC2)C1. The summed E-state index contributed by atoms with van der Waals surface area (Å²) in [5, 5.41) is 9.02. The van der Waals surface area contributed by atoms with Crippen molar-refractivity contribution >= 4 is 11.7 Å². The van der Waals surface area contributed by atoms with Gasteiger partial charge in [-0.2, -0.15) is 10.3 Å². The highest BCUT2D eigenvalue weighted by Gasteiger charge is 2.38. The molecule has 0 bridgehead atoms. The molecule has 5 nitrogen and oxygen atoms in total. The largest absolute Gasteiger partial charge is 0.359 e. The fraction of sp³-hybridized carbons (Fsp3) is 0.833. The van der Waals surface area contributed by atoms with Gasteiger partial charge in [0.15, 0.2) is 0 Å². The zero-order valence-corrected chi connectivity index (χ0v) is 15.2. The van der Waals surface area contributed by atoms with Gasteiger partial charge in [-0.3, -0.25) is 4.79 Å². The number of aliphatic imine (C=N–C) groups is 1. The minimum Gasteiger partial charge on any atom is -0.359 e. The van der Waals surface area contributed by atoms with Crippen LogP contribution in [-0.4, -0.2) is 47.7 Å². The number of amidine groups is 1. The first-order valence-corrected chi connectivity index (χ1v) is 8.67. The fourth-order valence-electron chi connectivity index (χ4n) is 3.70. The third-order valence-electron chi connectivity index (χ3n) is 4.93. The van der Waals surface area contributed by atoms with Crippen LogP contribution in [0.4, 0.5) is 0 Å². The van der Waals surface area contributed by atoms with E-state index in [9.17, 15) is 4.79 Å². The van der Waals surface area contributed by atoms with E-state index in [0.717, 1.165) is 44.9 Å². The van der Waals surface area contributed by atoms with Gasteiger partial charge in [-0.15, -0.1) is 0 Å². The number of likely N-dealkylation sites (tertiary alicyclic amines) is 2. The topological polar surface area (TPSA) is 59.7 Å². The lowest BCUT2D eigenvalue weighted by Gasteiger charge is -2.41. The number of rotatable bonds is 3. The monoisotopic (exact) mass is 318 g/mol. The molecule has 0 aliphatic carbocycles. The van der Waals surface area contributed by atoms with E-state index in [-0.39, 0.29) is 16.7 Å². The Morgan fingerprint density at radius 2 is 1.83 bits per heavy atom. The van der Waals surface area contributed by atoms with Crippen LogP contribution >= 0.6 is 0 Å². The lowest BCUT2D eigenvalue weighted by molar-refractivity contribution is -0.138. The summed E-state index contributed by atoms with van der Waals surface area (Å²) >= 11 is 0. The van der Waals surface area contributed by atoms with E-state index in [1.807, 2.05) is 31.9 Å². The molecule has 2 aliphatic rings. The predicted molar refractivity (Wildman–Crippen MR) is 91.8 cm³/mol. The Morgan fingerprint density at radius 1 is 1.17 bits per heavy atom. The van der Waals surface area contributed by atoms with Crippen molar-refractivity contribution in [2.45, 2.75) is 53.9 Å².